The Balaban J connectivity index is 2.03. The van der Waals surface area contributed by atoms with Gasteiger partial charge in [0.2, 0.25) is 0 Å². The molecule has 0 aliphatic rings. The van der Waals surface area contributed by atoms with Crippen LogP contribution in [0.1, 0.15) is 42.1 Å². The first-order chi connectivity index (χ1) is 8.19. The Bertz CT molecular complexity index is 475. The molecule has 92 valence electrons. The van der Waals surface area contributed by atoms with E-state index in [0.29, 0.717) is 0 Å². The molecule has 0 fully saturated rings. The normalized spacial score (nSPS) is 12.9. The van der Waals surface area contributed by atoms with Crippen molar-refractivity contribution >= 4 is 11.3 Å². The molecule has 4 heteroatoms. The Morgan fingerprint density at radius 2 is 2.35 bits per heavy atom. The molecule has 1 N–H and O–H groups in total. The van der Waals surface area contributed by atoms with Crippen LogP contribution in [0.2, 0.25) is 0 Å². The molecular weight excluding hydrogens is 232 g/mol. The van der Waals surface area contributed by atoms with Gasteiger partial charge < -0.3 is 9.67 Å². The number of thiazole rings is 1. The van der Waals surface area contributed by atoms with Crippen LogP contribution in [0.15, 0.2) is 23.8 Å². The summed E-state index contributed by atoms with van der Waals surface area (Å²) in [5.41, 5.74) is 2.08. The van der Waals surface area contributed by atoms with Gasteiger partial charge >= 0.3 is 0 Å². The summed E-state index contributed by atoms with van der Waals surface area (Å²) in [4.78, 5) is 4.43. The first kappa shape index (κ1) is 12.3. The van der Waals surface area contributed by atoms with E-state index in [-0.39, 0.29) is 6.10 Å². The number of aliphatic hydroxyl groups is 1. The van der Waals surface area contributed by atoms with E-state index in [9.17, 15) is 5.11 Å². The highest BCUT2D eigenvalue weighted by Crippen LogP contribution is 2.19. The van der Waals surface area contributed by atoms with Gasteiger partial charge in [0.1, 0.15) is 0 Å². The number of aliphatic hydroxyl groups excluding tert-OH is 1. The second kappa shape index (κ2) is 5.47. The maximum absolute atomic E-state index is 9.88. The standard InChI is InChI=1S/C13H18N2OS/c1-3-4-13(16)11-5-6-15(7-11)8-12-9-17-10(2)14-12/h5-7,9,13,16H,3-4,8H2,1-2H3. The van der Waals surface area contributed by atoms with E-state index in [1.807, 2.05) is 25.4 Å². The Labute approximate surface area is 106 Å². The van der Waals surface area contributed by atoms with Crippen molar-refractivity contribution in [2.75, 3.05) is 0 Å². The minimum Gasteiger partial charge on any atom is -0.388 e. The van der Waals surface area contributed by atoms with Gasteiger partial charge in [-0.2, -0.15) is 0 Å². The van der Waals surface area contributed by atoms with Crippen LogP contribution in [-0.4, -0.2) is 14.7 Å². The summed E-state index contributed by atoms with van der Waals surface area (Å²) in [7, 11) is 0. The quantitative estimate of drug-likeness (QED) is 0.885. The summed E-state index contributed by atoms with van der Waals surface area (Å²) in [5.74, 6) is 0. The SMILES string of the molecule is CCCC(O)c1ccn(Cc2csc(C)n2)c1. The fourth-order valence-corrected chi connectivity index (χ4v) is 2.47. The molecule has 0 amide bonds. The number of hydrogen-bond acceptors (Lipinski definition) is 3. The summed E-state index contributed by atoms with van der Waals surface area (Å²) >= 11 is 1.67. The summed E-state index contributed by atoms with van der Waals surface area (Å²) in [5, 5.41) is 13.1. The molecule has 0 saturated heterocycles. The topological polar surface area (TPSA) is 38.0 Å². The smallest absolute Gasteiger partial charge is 0.0898 e. The molecule has 2 aromatic rings. The molecule has 2 rings (SSSR count). The highest BCUT2D eigenvalue weighted by molar-refractivity contribution is 7.09. The zero-order valence-electron chi connectivity index (χ0n) is 10.3. The Morgan fingerprint density at radius 3 is 3.00 bits per heavy atom. The molecule has 2 aromatic heterocycles. The van der Waals surface area contributed by atoms with E-state index in [1.54, 1.807) is 11.3 Å². The lowest BCUT2D eigenvalue weighted by atomic mass is 10.1. The molecule has 1 unspecified atom stereocenters. The lowest BCUT2D eigenvalue weighted by molar-refractivity contribution is 0.166. The molecule has 0 aliphatic heterocycles. The first-order valence-electron chi connectivity index (χ1n) is 5.93. The highest BCUT2D eigenvalue weighted by Gasteiger charge is 2.08. The maximum Gasteiger partial charge on any atom is 0.0898 e. The Kier molecular flexibility index (Phi) is 3.97. The predicted octanol–water partition coefficient (Wildman–Crippen LogP) is 3.13. The third kappa shape index (κ3) is 3.17. The lowest BCUT2D eigenvalue weighted by Gasteiger charge is -2.06. The Hall–Kier alpha value is -1.13. The average Bonchev–Trinajstić information content (AvgIpc) is 2.89. The van der Waals surface area contributed by atoms with Crippen molar-refractivity contribution < 1.29 is 5.11 Å². The van der Waals surface area contributed by atoms with Gasteiger partial charge in [0.25, 0.3) is 0 Å². The third-order valence-electron chi connectivity index (χ3n) is 2.73. The van der Waals surface area contributed by atoms with E-state index >= 15 is 0 Å². The fourth-order valence-electron chi connectivity index (χ4n) is 1.86. The van der Waals surface area contributed by atoms with Crippen LogP contribution < -0.4 is 0 Å². The van der Waals surface area contributed by atoms with E-state index < -0.39 is 0 Å². The first-order valence-corrected chi connectivity index (χ1v) is 6.81. The van der Waals surface area contributed by atoms with Crippen molar-refractivity contribution in [2.24, 2.45) is 0 Å². The number of hydrogen-bond donors (Lipinski definition) is 1. The van der Waals surface area contributed by atoms with Crippen LogP contribution in [0, 0.1) is 6.92 Å². The van der Waals surface area contributed by atoms with Crippen molar-refractivity contribution in [1.82, 2.24) is 9.55 Å². The molecular formula is C13H18N2OS. The third-order valence-corrected chi connectivity index (χ3v) is 3.55. The van der Waals surface area contributed by atoms with Gasteiger partial charge in [-0.05, 0) is 25.0 Å². The molecule has 17 heavy (non-hydrogen) atoms. The molecule has 0 radical (unpaired) electrons. The molecule has 1 atom stereocenters. The Morgan fingerprint density at radius 1 is 1.53 bits per heavy atom. The molecule has 2 heterocycles. The molecule has 0 bridgehead atoms. The van der Waals surface area contributed by atoms with E-state index in [4.69, 9.17) is 0 Å². The largest absolute Gasteiger partial charge is 0.388 e. The molecule has 3 nitrogen and oxygen atoms in total. The van der Waals surface area contributed by atoms with Crippen LogP contribution in [0.3, 0.4) is 0 Å². The lowest BCUT2D eigenvalue weighted by Crippen LogP contribution is -1.98. The molecule has 0 saturated carbocycles. The van der Waals surface area contributed by atoms with Gasteiger partial charge in [0.05, 0.1) is 23.4 Å². The zero-order chi connectivity index (χ0) is 12.3. The highest BCUT2D eigenvalue weighted by atomic mass is 32.1. The van der Waals surface area contributed by atoms with Gasteiger partial charge in [-0.1, -0.05) is 13.3 Å². The van der Waals surface area contributed by atoms with Crippen molar-refractivity contribution in [1.29, 1.82) is 0 Å². The maximum atomic E-state index is 9.88. The van der Waals surface area contributed by atoms with Crippen molar-refractivity contribution in [3.05, 3.63) is 40.1 Å². The number of rotatable bonds is 5. The molecule has 0 spiro atoms. The van der Waals surface area contributed by atoms with Gasteiger partial charge in [-0.3, -0.25) is 0 Å². The summed E-state index contributed by atoms with van der Waals surface area (Å²) < 4.78 is 2.07. The summed E-state index contributed by atoms with van der Waals surface area (Å²) in [6, 6.07) is 1.99. The van der Waals surface area contributed by atoms with Crippen LogP contribution >= 0.6 is 11.3 Å². The minimum atomic E-state index is -0.335. The average molecular weight is 250 g/mol. The summed E-state index contributed by atoms with van der Waals surface area (Å²) in [6.45, 7) is 4.88. The number of nitrogens with zero attached hydrogens (tertiary/aromatic N) is 2. The van der Waals surface area contributed by atoms with Gasteiger partial charge in [-0.25, -0.2) is 4.98 Å². The van der Waals surface area contributed by atoms with Crippen LogP contribution in [-0.2, 0) is 6.54 Å². The minimum absolute atomic E-state index is 0.335. The zero-order valence-corrected chi connectivity index (χ0v) is 11.1. The van der Waals surface area contributed by atoms with E-state index in [0.717, 1.165) is 35.7 Å². The predicted molar refractivity (Wildman–Crippen MR) is 70.3 cm³/mol. The number of aromatic nitrogens is 2. The van der Waals surface area contributed by atoms with Crippen LogP contribution in [0.5, 0.6) is 0 Å². The van der Waals surface area contributed by atoms with Gasteiger partial charge in [0.15, 0.2) is 0 Å². The molecule has 0 aliphatic carbocycles. The van der Waals surface area contributed by atoms with Gasteiger partial charge in [0, 0.05) is 17.8 Å². The van der Waals surface area contributed by atoms with E-state index in [2.05, 4.69) is 21.9 Å². The van der Waals surface area contributed by atoms with Crippen molar-refractivity contribution in [3.63, 3.8) is 0 Å². The number of aryl methyl sites for hydroxylation is 1. The second-order valence-electron chi connectivity index (χ2n) is 4.28. The second-order valence-corrected chi connectivity index (χ2v) is 5.34. The van der Waals surface area contributed by atoms with E-state index in [1.165, 1.54) is 0 Å². The van der Waals surface area contributed by atoms with Gasteiger partial charge in [-0.15, -0.1) is 11.3 Å². The monoisotopic (exact) mass is 250 g/mol. The summed E-state index contributed by atoms with van der Waals surface area (Å²) in [6.07, 6.45) is 5.49. The van der Waals surface area contributed by atoms with Crippen LogP contribution in [0.4, 0.5) is 0 Å². The van der Waals surface area contributed by atoms with Crippen molar-refractivity contribution in [2.45, 2.75) is 39.3 Å². The van der Waals surface area contributed by atoms with Crippen molar-refractivity contribution in [3.8, 4) is 0 Å². The fraction of sp³-hybridized carbons (Fsp3) is 0.462. The van der Waals surface area contributed by atoms with Crippen LogP contribution in [0.25, 0.3) is 0 Å². The molecule has 0 aromatic carbocycles.